The highest BCUT2D eigenvalue weighted by atomic mass is 32.1. The fraction of sp³-hybridized carbons (Fsp3) is 0.615. The van der Waals surface area contributed by atoms with Crippen LogP contribution in [0.2, 0.25) is 0 Å². The van der Waals surface area contributed by atoms with Crippen LogP contribution in [0.1, 0.15) is 60.8 Å². The van der Waals surface area contributed by atoms with Crippen LogP contribution in [0.5, 0.6) is 5.75 Å². The lowest BCUT2D eigenvalue weighted by Gasteiger charge is -2.16. The highest BCUT2D eigenvalue weighted by molar-refractivity contribution is 7.09. The maximum absolute atomic E-state index is 13.5. The highest BCUT2D eigenvalue weighted by Gasteiger charge is 2.32. The van der Waals surface area contributed by atoms with Crippen molar-refractivity contribution < 1.29 is 27.4 Å². The largest absolute Gasteiger partial charge is 0.492 e. The number of thiazole rings is 1. The molecule has 0 saturated carbocycles. The van der Waals surface area contributed by atoms with Crippen molar-refractivity contribution in [2.45, 2.75) is 64.3 Å². The van der Waals surface area contributed by atoms with E-state index in [1.165, 1.54) is 17.4 Å². The molecule has 2 atom stereocenters. The number of carbonyl (C=O) groups excluding carboxylic acids is 1. The van der Waals surface area contributed by atoms with E-state index in [-0.39, 0.29) is 28.7 Å². The number of rotatable bonds is 6. The second kappa shape index (κ2) is 10.7. The van der Waals surface area contributed by atoms with Crippen LogP contribution in [-0.4, -0.2) is 54.8 Å². The normalized spacial score (nSPS) is 21.9. The number of alkyl halides is 3. The third-order valence-electron chi connectivity index (χ3n) is 6.58. The molecule has 4 rings (SSSR count). The number of hydrogen-bond donors (Lipinski definition) is 0. The van der Waals surface area contributed by atoms with Gasteiger partial charge in [0.2, 0.25) is 0 Å². The second-order valence-corrected chi connectivity index (χ2v) is 11.8. The van der Waals surface area contributed by atoms with Crippen LogP contribution in [0.15, 0.2) is 29.4 Å². The van der Waals surface area contributed by atoms with Gasteiger partial charge < -0.3 is 18.9 Å². The molecule has 1 aromatic carbocycles. The van der Waals surface area contributed by atoms with Crippen molar-refractivity contribution in [2.24, 2.45) is 10.9 Å². The molecule has 2 fully saturated rings. The molecule has 2 aromatic rings. The van der Waals surface area contributed by atoms with E-state index in [4.69, 9.17) is 9.47 Å². The van der Waals surface area contributed by atoms with E-state index < -0.39 is 17.6 Å². The number of ether oxygens (including phenoxy) is 2. The van der Waals surface area contributed by atoms with Crippen LogP contribution in [0.25, 0.3) is 0 Å². The Balaban J connectivity index is 1.68. The van der Waals surface area contributed by atoms with Gasteiger partial charge in [-0.2, -0.15) is 18.2 Å². The SMILES string of the molecule is CN1CC[C@H](COc2ccc(C(F)(F)F)cc2C(=O)N=c2sc(C(C)(C)C)cn2C[C@H]2CCCO2)C1. The summed E-state index contributed by atoms with van der Waals surface area (Å²) in [6, 6.07) is 3.04. The van der Waals surface area contributed by atoms with Gasteiger partial charge in [0, 0.05) is 30.1 Å². The molecule has 0 N–H and O–H groups in total. The molecule has 0 unspecified atom stereocenters. The Kier molecular flexibility index (Phi) is 7.97. The van der Waals surface area contributed by atoms with Gasteiger partial charge in [-0.25, -0.2) is 0 Å². The summed E-state index contributed by atoms with van der Waals surface area (Å²) in [6.45, 7) is 9.58. The van der Waals surface area contributed by atoms with Crippen molar-refractivity contribution in [3.8, 4) is 5.75 Å². The van der Waals surface area contributed by atoms with Crippen LogP contribution in [0, 0.1) is 5.92 Å². The zero-order valence-electron chi connectivity index (χ0n) is 21.2. The average Bonchev–Trinajstić information content (AvgIpc) is 3.54. The lowest BCUT2D eigenvalue weighted by molar-refractivity contribution is -0.137. The molecule has 10 heteroatoms. The zero-order valence-corrected chi connectivity index (χ0v) is 22.0. The number of aromatic nitrogens is 1. The first-order chi connectivity index (χ1) is 16.9. The lowest BCUT2D eigenvalue weighted by atomic mass is 9.95. The van der Waals surface area contributed by atoms with E-state index in [9.17, 15) is 18.0 Å². The van der Waals surface area contributed by atoms with Crippen LogP contribution in [0.3, 0.4) is 0 Å². The van der Waals surface area contributed by atoms with Crippen molar-refractivity contribution in [1.82, 2.24) is 9.47 Å². The van der Waals surface area contributed by atoms with Crippen LogP contribution in [-0.2, 0) is 22.9 Å². The van der Waals surface area contributed by atoms with Gasteiger partial charge >= 0.3 is 6.18 Å². The minimum atomic E-state index is -4.58. The fourth-order valence-electron chi connectivity index (χ4n) is 4.47. The predicted octanol–water partition coefficient (Wildman–Crippen LogP) is 5.12. The summed E-state index contributed by atoms with van der Waals surface area (Å²) < 4.78 is 54.0. The number of hydrogen-bond acceptors (Lipinski definition) is 5. The lowest BCUT2D eigenvalue weighted by Crippen LogP contribution is -2.24. The van der Waals surface area contributed by atoms with Gasteiger partial charge in [0.1, 0.15) is 5.75 Å². The van der Waals surface area contributed by atoms with Crippen molar-refractivity contribution in [3.63, 3.8) is 0 Å². The summed E-state index contributed by atoms with van der Waals surface area (Å²) in [6.07, 6.45) is 0.261. The van der Waals surface area contributed by atoms with Crippen LogP contribution < -0.4 is 9.54 Å². The van der Waals surface area contributed by atoms with E-state index in [2.05, 4.69) is 30.7 Å². The number of likely N-dealkylation sites (tertiary alicyclic amines) is 1. The number of halogens is 3. The maximum Gasteiger partial charge on any atom is 0.416 e. The van der Waals surface area contributed by atoms with Gasteiger partial charge in [-0.15, -0.1) is 11.3 Å². The summed E-state index contributed by atoms with van der Waals surface area (Å²) in [5.41, 5.74) is -1.24. The number of carbonyl (C=O) groups is 1. The van der Waals surface area contributed by atoms with Gasteiger partial charge in [0.25, 0.3) is 5.91 Å². The molecule has 1 amide bonds. The Hall–Kier alpha value is -2.17. The zero-order chi connectivity index (χ0) is 26.1. The summed E-state index contributed by atoms with van der Waals surface area (Å²) in [5.74, 6) is -0.356. The van der Waals surface area contributed by atoms with E-state index in [1.54, 1.807) is 0 Å². The molecule has 0 radical (unpaired) electrons. The average molecular weight is 526 g/mol. The summed E-state index contributed by atoms with van der Waals surface area (Å²) >= 11 is 1.37. The van der Waals surface area contributed by atoms with Gasteiger partial charge in [-0.1, -0.05) is 20.8 Å². The molecule has 0 spiro atoms. The van der Waals surface area contributed by atoms with Crippen LogP contribution in [0.4, 0.5) is 13.2 Å². The van der Waals surface area contributed by atoms with E-state index >= 15 is 0 Å². The molecule has 0 bridgehead atoms. The highest BCUT2D eigenvalue weighted by Crippen LogP contribution is 2.33. The summed E-state index contributed by atoms with van der Waals surface area (Å²) in [4.78, 5) is 21.3. The molecule has 3 heterocycles. The van der Waals surface area contributed by atoms with Crippen molar-refractivity contribution in [1.29, 1.82) is 0 Å². The molecule has 2 saturated heterocycles. The Morgan fingerprint density at radius 3 is 2.64 bits per heavy atom. The first-order valence-corrected chi connectivity index (χ1v) is 13.2. The minimum Gasteiger partial charge on any atom is -0.492 e. The molecule has 198 valence electrons. The van der Waals surface area contributed by atoms with Gasteiger partial charge in [-0.05, 0) is 56.5 Å². The summed E-state index contributed by atoms with van der Waals surface area (Å²) in [5, 5.41) is 0. The molecule has 1 aromatic heterocycles. The van der Waals surface area contributed by atoms with Gasteiger partial charge in [0.05, 0.1) is 30.4 Å². The molecule has 0 aliphatic carbocycles. The summed E-state index contributed by atoms with van der Waals surface area (Å²) in [7, 11) is 2.02. The van der Waals surface area contributed by atoms with Gasteiger partial charge in [0.15, 0.2) is 4.80 Å². The first kappa shape index (κ1) is 26.9. The number of nitrogens with zero attached hydrogens (tertiary/aromatic N) is 3. The van der Waals surface area contributed by atoms with Crippen molar-refractivity contribution >= 4 is 17.2 Å². The van der Waals surface area contributed by atoms with Gasteiger partial charge in [-0.3, -0.25) is 4.79 Å². The number of amides is 1. The molecule has 36 heavy (non-hydrogen) atoms. The van der Waals surface area contributed by atoms with Crippen molar-refractivity contribution in [2.75, 3.05) is 33.4 Å². The minimum absolute atomic E-state index is 0.0264. The third kappa shape index (κ3) is 6.58. The van der Waals surface area contributed by atoms with E-state index in [0.29, 0.717) is 24.6 Å². The Labute approximate surface area is 213 Å². The fourth-order valence-corrected chi connectivity index (χ4v) is 5.52. The maximum atomic E-state index is 13.5. The standard InChI is InChI=1S/C26H34F3N3O3S/c1-25(2,3)22-15-32(14-19-6-5-11-34-19)24(36-22)30-23(33)20-12-18(26(27,28)29)7-8-21(20)35-16-17-9-10-31(4)13-17/h7-8,12,15,17,19H,5-6,9-11,13-14,16H2,1-4H3/t17-,19+/m0/s1. The molecular weight excluding hydrogens is 491 g/mol. The first-order valence-electron chi connectivity index (χ1n) is 12.3. The number of benzene rings is 1. The Bertz CT molecular complexity index is 1140. The van der Waals surface area contributed by atoms with Crippen LogP contribution >= 0.6 is 11.3 Å². The third-order valence-corrected chi connectivity index (χ3v) is 8.03. The monoisotopic (exact) mass is 525 g/mol. The molecule has 2 aliphatic rings. The predicted molar refractivity (Wildman–Crippen MR) is 132 cm³/mol. The smallest absolute Gasteiger partial charge is 0.416 e. The Morgan fingerprint density at radius 1 is 1.25 bits per heavy atom. The molecule has 6 nitrogen and oxygen atoms in total. The van der Waals surface area contributed by atoms with Crippen molar-refractivity contribution in [3.05, 3.63) is 45.2 Å². The van der Waals surface area contributed by atoms with E-state index in [0.717, 1.165) is 49.4 Å². The van der Waals surface area contributed by atoms with E-state index in [1.807, 2.05) is 17.8 Å². The topological polar surface area (TPSA) is 56.1 Å². The quantitative estimate of drug-likeness (QED) is 0.526. The molecule has 2 aliphatic heterocycles. The Morgan fingerprint density at radius 2 is 2.03 bits per heavy atom. The molecular formula is C26H34F3N3O3S. The second-order valence-electron chi connectivity index (χ2n) is 10.8.